The van der Waals surface area contributed by atoms with Crippen molar-refractivity contribution in [1.82, 2.24) is 0 Å². The summed E-state index contributed by atoms with van der Waals surface area (Å²) in [6, 6.07) is 1.87. The zero-order valence-electron chi connectivity index (χ0n) is 7.54. The van der Waals surface area contributed by atoms with Crippen LogP contribution >= 0.6 is 15.9 Å². The molecule has 0 bridgehead atoms. The van der Waals surface area contributed by atoms with E-state index in [9.17, 15) is 14.6 Å². The number of aliphatic hydroxyl groups is 1. The molecule has 1 aromatic carbocycles. The molecule has 0 heterocycles. The normalized spacial score (nSPS) is 15.2. The van der Waals surface area contributed by atoms with Crippen molar-refractivity contribution in [1.29, 1.82) is 0 Å². The van der Waals surface area contributed by atoms with Crippen LogP contribution in [0.15, 0.2) is 16.6 Å². The third-order valence-electron chi connectivity index (χ3n) is 1.91. The van der Waals surface area contributed by atoms with Crippen LogP contribution in [0.1, 0.15) is 18.6 Å². The van der Waals surface area contributed by atoms with Crippen molar-refractivity contribution in [3.05, 3.63) is 28.0 Å². The summed E-state index contributed by atoms with van der Waals surface area (Å²) in [5.41, 5.74) is 5.24. The fourth-order valence-electron chi connectivity index (χ4n) is 1.10. The van der Waals surface area contributed by atoms with Gasteiger partial charge >= 0.3 is 0 Å². The Morgan fingerprint density at radius 3 is 2.57 bits per heavy atom. The Hall–Kier alpha value is -0.650. The molecular weight excluding hydrogens is 253 g/mol. The smallest absolute Gasteiger partial charge is 0.138 e. The number of phenolic OH excluding ortho intramolecular Hbond substituents is 1. The maximum atomic E-state index is 13.2. The Balaban J connectivity index is 3.25. The third-order valence-corrected chi connectivity index (χ3v) is 2.55. The Morgan fingerprint density at radius 1 is 1.50 bits per heavy atom. The van der Waals surface area contributed by atoms with E-state index in [1.54, 1.807) is 0 Å². The van der Waals surface area contributed by atoms with Gasteiger partial charge in [-0.2, -0.15) is 0 Å². The molecule has 0 amide bonds. The zero-order chi connectivity index (χ0) is 10.9. The van der Waals surface area contributed by atoms with Crippen molar-refractivity contribution in [2.45, 2.75) is 19.1 Å². The highest BCUT2D eigenvalue weighted by atomic mass is 79.9. The van der Waals surface area contributed by atoms with Gasteiger partial charge in [0.05, 0.1) is 10.0 Å². The highest BCUT2D eigenvalue weighted by molar-refractivity contribution is 9.10. The van der Waals surface area contributed by atoms with Gasteiger partial charge < -0.3 is 15.9 Å². The molecule has 5 heteroatoms. The van der Waals surface area contributed by atoms with E-state index in [0.717, 1.165) is 6.07 Å². The first kappa shape index (κ1) is 11.4. The van der Waals surface area contributed by atoms with Crippen LogP contribution in [-0.4, -0.2) is 16.3 Å². The maximum Gasteiger partial charge on any atom is 0.138 e. The van der Waals surface area contributed by atoms with Crippen molar-refractivity contribution >= 4 is 15.9 Å². The summed E-state index contributed by atoms with van der Waals surface area (Å²) >= 11 is 3.03. The summed E-state index contributed by atoms with van der Waals surface area (Å²) in [7, 11) is 0. The second-order valence-corrected chi connectivity index (χ2v) is 3.95. The molecule has 0 spiro atoms. The van der Waals surface area contributed by atoms with Crippen LogP contribution < -0.4 is 5.73 Å². The van der Waals surface area contributed by atoms with Gasteiger partial charge in [0, 0.05) is 6.04 Å². The van der Waals surface area contributed by atoms with Crippen LogP contribution in [-0.2, 0) is 0 Å². The van der Waals surface area contributed by atoms with E-state index in [2.05, 4.69) is 15.9 Å². The van der Waals surface area contributed by atoms with Crippen LogP contribution in [0.5, 0.6) is 5.75 Å². The number of halogens is 2. The molecule has 0 aromatic heterocycles. The molecule has 0 radical (unpaired) electrons. The summed E-state index contributed by atoms with van der Waals surface area (Å²) in [5.74, 6) is -0.981. The monoisotopic (exact) mass is 263 g/mol. The van der Waals surface area contributed by atoms with Crippen molar-refractivity contribution in [2.24, 2.45) is 5.73 Å². The maximum absolute atomic E-state index is 13.2. The van der Waals surface area contributed by atoms with Gasteiger partial charge in [0.15, 0.2) is 0 Å². The van der Waals surface area contributed by atoms with Crippen molar-refractivity contribution < 1.29 is 14.6 Å². The van der Waals surface area contributed by atoms with Gasteiger partial charge in [-0.3, -0.25) is 0 Å². The van der Waals surface area contributed by atoms with Gasteiger partial charge in [0.25, 0.3) is 0 Å². The number of aliphatic hydroxyl groups excluding tert-OH is 1. The van der Waals surface area contributed by atoms with Crippen molar-refractivity contribution in [2.75, 3.05) is 0 Å². The SMILES string of the molecule is CC(N)C(O)c1c(F)ccc(Br)c1O. The first-order valence-corrected chi connectivity index (χ1v) is 4.85. The second-order valence-electron chi connectivity index (χ2n) is 3.10. The van der Waals surface area contributed by atoms with Gasteiger partial charge in [-0.1, -0.05) is 0 Å². The van der Waals surface area contributed by atoms with Gasteiger partial charge in [-0.15, -0.1) is 0 Å². The minimum absolute atomic E-state index is 0.172. The molecule has 4 N–H and O–H groups in total. The molecule has 78 valence electrons. The number of benzene rings is 1. The minimum atomic E-state index is -1.22. The quantitative estimate of drug-likeness (QED) is 0.761. The topological polar surface area (TPSA) is 66.5 Å². The molecule has 0 saturated carbocycles. The van der Waals surface area contributed by atoms with Crippen LogP contribution in [0.3, 0.4) is 0 Å². The van der Waals surface area contributed by atoms with Crippen molar-refractivity contribution in [3.8, 4) is 5.75 Å². The van der Waals surface area contributed by atoms with E-state index >= 15 is 0 Å². The highest BCUT2D eigenvalue weighted by Gasteiger charge is 2.22. The average molecular weight is 264 g/mol. The summed E-state index contributed by atoms with van der Waals surface area (Å²) in [6.45, 7) is 1.53. The van der Waals surface area contributed by atoms with Crippen LogP contribution in [0.4, 0.5) is 4.39 Å². The number of nitrogens with two attached hydrogens (primary N) is 1. The average Bonchev–Trinajstić information content (AvgIpc) is 2.12. The lowest BCUT2D eigenvalue weighted by Gasteiger charge is -2.17. The van der Waals surface area contributed by atoms with E-state index < -0.39 is 18.0 Å². The first-order chi connectivity index (χ1) is 6.45. The zero-order valence-corrected chi connectivity index (χ0v) is 9.12. The van der Waals surface area contributed by atoms with Gasteiger partial charge in [-0.05, 0) is 35.0 Å². The lowest BCUT2D eigenvalue weighted by molar-refractivity contribution is 0.145. The molecule has 0 aliphatic rings. The predicted molar refractivity (Wildman–Crippen MR) is 54.4 cm³/mol. The second kappa shape index (κ2) is 4.25. The number of aromatic hydroxyl groups is 1. The van der Waals surface area contributed by atoms with Gasteiger partial charge in [0.1, 0.15) is 17.7 Å². The summed E-state index contributed by atoms with van der Waals surface area (Å²) in [6.07, 6.45) is -1.22. The molecule has 2 unspecified atom stereocenters. The Morgan fingerprint density at radius 2 is 2.07 bits per heavy atom. The lowest BCUT2D eigenvalue weighted by atomic mass is 10.0. The number of hydrogen-bond donors (Lipinski definition) is 3. The van der Waals surface area contributed by atoms with Crippen LogP contribution in [0.25, 0.3) is 0 Å². The van der Waals surface area contributed by atoms with E-state index in [1.807, 2.05) is 0 Å². The van der Waals surface area contributed by atoms with Crippen LogP contribution in [0, 0.1) is 5.82 Å². The molecule has 0 saturated heterocycles. The third kappa shape index (κ3) is 2.05. The minimum Gasteiger partial charge on any atom is -0.506 e. The largest absolute Gasteiger partial charge is 0.506 e. The van der Waals surface area contributed by atoms with E-state index in [-0.39, 0.29) is 11.3 Å². The van der Waals surface area contributed by atoms with Crippen molar-refractivity contribution in [3.63, 3.8) is 0 Å². The molecule has 3 nitrogen and oxygen atoms in total. The molecule has 14 heavy (non-hydrogen) atoms. The Bertz CT molecular complexity index is 344. The molecule has 0 aliphatic heterocycles. The van der Waals surface area contributed by atoms with Gasteiger partial charge in [-0.25, -0.2) is 4.39 Å². The highest BCUT2D eigenvalue weighted by Crippen LogP contribution is 2.34. The number of hydrogen-bond acceptors (Lipinski definition) is 3. The molecular formula is C9H11BrFNO2. The molecule has 0 fully saturated rings. The summed E-state index contributed by atoms with van der Waals surface area (Å²) < 4.78 is 13.6. The lowest BCUT2D eigenvalue weighted by Crippen LogP contribution is -2.25. The molecule has 1 rings (SSSR count). The molecule has 1 aromatic rings. The fourth-order valence-corrected chi connectivity index (χ4v) is 1.45. The Labute approximate surface area is 89.5 Å². The molecule has 0 aliphatic carbocycles. The summed E-state index contributed by atoms with van der Waals surface area (Å²) in [5, 5.41) is 19.0. The molecule has 2 atom stereocenters. The number of rotatable bonds is 2. The summed E-state index contributed by atoms with van der Waals surface area (Å²) in [4.78, 5) is 0. The van der Waals surface area contributed by atoms with Gasteiger partial charge in [0.2, 0.25) is 0 Å². The predicted octanol–water partition coefficient (Wildman–Crippen LogP) is 1.67. The van der Waals surface area contributed by atoms with Crippen LogP contribution in [0.2, 0.25) is 0 Å². The van der Waals surface area contributed by atoms with E-state index in [4.69, 9.17) is 5.73 Å². The number of phenols is 1. The Kier molecular flexibility index (Phi) is 3.47. The fraction of sp³-hybridized carbons (Fsp3) is 0.333. The van der Waals surface area contributed by atoms with E-state index in [0.29, 0.717) is 4.47 Å². The van der Waals surface area contributed by atoms with E-state index in [1.165, 1.54) is 13.0 Å². The standard InChI is InChI=1S/C9H11BrFNO2/c1-4(12)8(13)7-6(11)3-2-5(10)9(7)14/h2-4,8,13-14H,12H2,1H3. The first-order valence-electron chi connectivity index (χ1n) is 4.05.